The van der Waals surface area contributed by atoms with Crippen molar-refractivity contribution in [2.45, 2.75) is 51.4 Å². The van der Waals surface area contributed by atoms with Gasteiger partial charge >= 0.3 is 0 Å². The van der Waals surface area contributed by atoms with Gasteiger partial charge in [-0.15, -0.1) is 0 Å². The standard InChI is InChI=1S/C22H26ClNO3/c1-14(2)21(26)24-22(3)12-19(15-8-10-16(23)11-9-15)27-20(13-22)17-6-4-5-7-18(17)25/h4-11,14,19-20,25H,12-13H2,1-3H3,(H,24,26)/t19-,20+,22-/m0/s1. The quantitative estimate of drug-likeness (QED) is 0.760. The Morgan fingerprint density at radius 2 is 1.78 bits per heavy atom. The second-order valence-corrected chi connectivity index (χ2v) is 8.27. The summed E-state index contributed by atoms with van der Waals surface area (Å²) in [6.07, 6.45) is 0.709. The third-order valence-electron chi connectivity index (χ3n) is 5.08. The number of carbonyl (C=O) groups excluding carboxylic acids is 1. The highest BCUT2D eigenvalue weighted by Crippen LogP contribution is 2.45. The maximum atomic E-state index is 12.4. The minimum atomic E-state index is -0.448. The van der Waals surface area contributed by atoms with E-state index in [1.165, 1.54) is 0 Å². The van der Waals surface area contributed by atoms with E-state index < -0.39 is 5.54 Å². The van der Waals surface area contributed by atoms with Gasteiger partial charge in [-0.1, -0.05) is 55.8 Å². The third-order valence-corrected chi connectivity index (χ3v) is 5.33. The first-order valence-electron chi connectivity index (χ1n) is 9.28. The number of hydrogen-bond donors (Lipinski definition) is 2. The zero-order valence-electron chi connectivity index (χ0n) is 15.9. The van der Waals surface area contributed by atoms with E-state index in [2.05, 4.69) is 5.32 Å². The summed E-state index contributed by atoms with van der Waals surface area (Å²) in [5, 5.41) is 14.2. The van der Waals surface area contributed by atoms with Crippen LogP contribution in [-0.2, 0) is 9.53 Å². The summed E-state index contributed by atoms with van der Waals surface area (Å²) in [5.74, 6) is 0.129. The molecule has 1 aliphatic heterocycles. The molecule has 1 amide bonds. The zero-order valence-corrected chi connectivity index (χ0v) is 16.7. The van der Waals surface area contributed by atoms with Gasteiger partial charge < -0.3 is 15.2 Å². The van der Waals surface area contributed by atoms with Gasteiger partial charge in [-0.2, -0.15) is 0 Å². The maximum Gasteiger partial charge on any atom is 0.222 e. The van der Waals surface area contributed by atoms with E-state index in [0.29, 0.717) is 17.9 Å². The number of para-hydroxylation sites is 1. The first-order chi connectivity index (χ1) is 12.8. The predicted molar refractivity (Wildman–Crippen MR) is 107 cm³/mol. The molecule has 0 saturated carbocycles. The highest BCUT2D eigenvalue weighted by atomic mass is 35.5. The molecule has 0 spiro atoms. The molecule has 27 heavy (non-hydrogen) atoms. The van der Waals surface area contributed by atoms with Crippen molar-refractivity contribution >= 4 is 17.5 Å². The lowest BCUT2D eigenvalue weighted by atomic mass is 9.81. The van der Waals surface area contributed by atoms with Crippen LogP contribution in [0.4, 0.5) is 0 Å². The fourth-order valence-electron chi connectivity index (χ4n) is 3.56. The highest BCUT2D eigenvalue weighted by molar-refractivity contribution is 6.30. The first kappa shape index (κ1) is 19.7. The van der Waals surface area contributed by atoms with Crippen molar-refractivity contribution in [3.8, 4) is 5.75 Å². The fourth-order valence-corrected chi connectivity index (χ4v) is 3.68. The average molecular weight is 388 g/mol. The van der Waals surface area contributed by atoms with Crippen LogP contribution in [0.5, 0.6) is 5.75 Å². The van der Waals surface area contributed by atoms with Gasteiger partial charge in [0.15, 0.2) is 0 Å². The van der Waals surface area contributed by atoms with Crippen molar-refractivity contribution in [3.63, 3.8) is 0 Å². The molecule has 4 nitrogen and oxygen atoms in total. The molecular weight excluding hydrogens is 362 g/mol. The van der Waals surface area contributed by atoms with Crippen LogP contribution in [0, 0.1) is 5.92 Å². The topological polar surface area (TPSA) is 58.6 Å². The molecule has 5 heteroatoms. The number of nitrogens with one attached hydrogen (secondary N) is 1. The molecule has 3 atom stereocenters. The van der Waals surface area contributed by atoms with Gasteiger partial charge in [0.1, 0.15) is 5.75 Å². The first-order valence-corrected chi connectivity index (χ1v) is 9.66. The molecule has 2 N–H and O–H groups in total. The molecule has 0 radical (unpaired) electrons. The Hall–Kier alpha value is -2.04. The molecule has 2 aromatic carbocycles. The number of ether oxygens (including phenoxy) is 1. The summed E-state index contributed by atoms with van der Waals surface area (Å²) in [6.45, 7) is 5.82. The molecule has 1 saturated heterocycles. The molecule has 0 bridgehead atoms. The van der Waals surface area contributed by atoms with E-state index in [9.17, 15) is 9.90 Å². The van der Waals surface area contributed by atoms with Crippen molar-refractivity contribution < 1.29 is 14.6 Å². The molecule has 0 aliphatic carbocycles. The summed E-state index contributed by atoms with van der Waals surface area (Å²) < 4.78 is 6.36. The second kappa shape index (κ2) is 7.91. The zero-order chi connectivity index (χ0) is 19.6. The number of aromatic hydroxyl groups is 1. The monoisotopic (exact) mass is 387 g/mol. The van der Waals surface area contributed by atoms with E-state index in [4.69, 9.17) is 16.3 Å². The van der Waals surface area contributed by atoms with Gasteiger partial charge in [0.2, 0.25) is 5.91 Å². The van der Waals surface area contributed by atoms with Crippen LogP contribution in [0.3, 0.4) is 0 Å². The molecule has 2 aromatic rings. The minimum absolute atomic E-state index is 0.0188. The number of halogens is 1. The van der Waals surface area contributed by atoms with Crippen LogP contribution in [-0.4, -0.2) is 16.6 Å². The molecule has 144 valence electrons. The Morgan fingerprint density at radius 3 is 2.41 bits per heavy atom. The molecule has 0 aromatic heterocycles. The Labute approximate surface area is 165 Å². The van der Waals surface area contributed by atoms with Gasteiger partial charge in [0, 0.05) is 34.9 Å². The molecule has 1 heterocycles. The van der Waals surface area contributed by atoms with Crippen molar-refractivity contribution in [3.05, 3.63) is 64.7 Å². The van der Waals surface area contributed by atoms with Crippen LogP contribution in [0.15, 0.2) is 48.5 Å². The van der Waals surface area contributed by atoms with Crippen molar-refractivity contribution in [2.75, 3.05) is 0 Å². The van der Waals surface area contributed by atoms with Crippen LogP contribution in [0.1, 0.15) is 56.9 Å². The van der Waals surface area contributed by atoms with Crippen LogP contribution in [0.2, 0.25) is 5.02 Å². The van der Waals surface area contributed by atoms with Crippen molar-refractivity contribution in [1.29, 1.82) is 0 Å². The number of phenols is 1. The summed E-state index contributed by atoms with van der Waals surface area (Å²) in [5.41, 5.74) is 1.29. The number of benzene rings is 2. The summed E-state index contributed by atoms with van der Waals surface area (Å²) in [7, 11) is 0. The largest absolute Gasteiger partial charge is 0.508 e. The van der Waals surface area contributed by atoms with Gasteiger partial charge in [-0.3, -0.25) is 4.79 Å². The van der Waals surface area contributed by atoms with E-state index >= 15 is 0 Å². The number of phenolic OH excluding ortho intramolecular Hbond substituents is 1. The van der Waals surface area contributed by atoms with Crippen LogP contribution < -0.4 is 5.32 Å². The number of amides is 1. The minimum Gasteiger partial charge on any atom is -0.508 e. The van der Waals surface area contributed by atoms with Crippen LogP contribution >= 0.6 is 11.6 Å². The Balaban J connectivity index is 1.94. The lowest BCUT2D eigenvalue weighted by Gasteiger charge is -2.43. The predicted octanol–water partition coefficient (Wildman–Crippen LogP) is 5.17. The summed E-state index contributed by atoms with van der Waals surface area (Å²) >= 11 is 6.02. The van der Waals surface area contributed by atoms with Gasteiger partial charge in [-0.25, -0.2) is 0 Å². The fraction of sp³-hybridized carbons (Fsp3) is 0.409. The van der Waals surface area contributed by atoms with Gasteiger partial charge in [-0.05, 0) is 30.7 Å². The molecule has 1 fully saturated rings. The number of carbonyl (C=O) groups is 1. The maximum absolute atomic E-state index is 12.4. The summed E-state index contributed by atoms with van der Waals surface area (Å²) in [4.78, 5) is 12.4. The SMILES string of the molecule is CC(C)C(=O)N[C@@]1(C)C[C@@H](c2ccc(Cl)cc2)O[C@@H](c2ccccc2O)C1. The number of rotatable bonds is 4. The van der Waals surface area contributed by atoms with Crippen molar-refractivity contribution in [2.24, 2.45) is 5.92 Å². The van der Waals surface area contributed by atoms with E-state index in [-0.39, 0.29) is 29.8 Å². The Morgan fingerprint density at radius 1 is 1.15 bits per heavy atom. The normalized spacial score (nSPS) is 25.4. The average Bonchev–Trinajstić information content (AvgIpc) is 2.61. The van der Waals surface area contributed by atoms with E-state index in [0.717, 1.165) is 11.1 Å². The molecule has 0 unspecified atom stereocenters. The lowest BCUT2D eigenvalue weighted by molar-refractivity contribution is -0.131. The van der Waals surface area contributed by atoms with E-state index in [1.807, 2.05) is 57.2 Å². The Kier molecular flexibility index (Phi) is 5.78. The van der Waals surface area contributed by atoms with E-state index in [1.54, 1.807) is 12.1 Å². The lowest BCUT2D eigenvalue weighted by Crippen LogP contribution is -2.52. The highest BCUT2D eigenvalue weighted by Gasteiger charge is 2.41. The van der Waals surface area contributed by atoms with Crippen molar-refractivity contribution in [1.82, 2.24) is 5.32 Å². The van der Waals surface area contributed by atoms with Gasteiger partial charge in [0.25, 0.3) is 0 Å². The third kappa shape index (κ3) is 4.63. The Bertz CT molecular complexity index is 805. The molecule has 1 aliphatic rings. The van der Waals surface area contributed by atoms with Gasteiger partial charge in [0.05, 0.1) is 12.2 Å². The molecule has 3 rings (SSSR count). The second-order valence-electron chi connectivity index (χ2n) is 7.84. The number of hydrogen-bond acceptors (Lipinski definition) is 3. The summed E-state index contributed by atoms with van der Waals surface area (Å²) in [6, 6.07) is 14.8. The smallest absolute Gasteiger partial charge is 0.222 e. The molecular formula is C22H26ClNO3. The van der Waals surface area contributed by atoms with Crippen LogP contribution in [0.25, 0.3) is 0 Å².